The highest BCUT2D eigenvalue weighted by molar-refractivity contribution is 6.09. The van der Waals surface area contributed by atoms with Gasteiger partial charge in [-0.1, -0.05) is 37.5 Å². The van der Waals surface area contributed by atoms with Crippen molar-refractivity contribution in [2.45, 2.75) is 44.1 Å². The molecule has 0 radical (unpaired) electrons. The van der Waals surface area contributed by atoms with Gasteiger partial charge in [-0.05, 0) is 18.9 Å². The number of nitrogens with two attached hydrogens (primary N) is 1. The van der Waals surface area contributed by atoms with Gasteiger partial charge in [-0.3, -0.25) is 4.68 Å². The van der Waals surface area contributed by atoms with Crippen molar-refractivity contribution in [3.05, 3.63) is 30.0 Å². The van der Waals surface area contributed by atoms with Crippen molar-refractivity contribution in [1.82, 2.24) is 14.8 Å². The predicted octanol–water partition coefficient (Wildman–Crippen LogP) is 2.94. The van der Waals surface area contributed by atoms with E-state index >= 15 is 0 Å². The van der Waals surface area contributed by atoms with Crippen LogP contribution in [0.2, 0.25) is 0 Å². The summed E-state index contributed by atoms with van der Waals surface area (Å²) < 4.78 is 1.86. The Morgan fingerprint density at radius 3 is 2.74 bits per heavy atom. The molecule has 3 aromatic rings. The molecule has 1 aliphatic carbocycles. The molecule has 1 fully saturated rings. The summed E-state index contributed by atoms with van der Waals surface area (Å²) in [5, 5.41) is 17.6. The second kappa shape index (κ2) is 5.20. The van der Waals surface area contributed by atoms with E-state index in [-0.39, 0.29) is 0 Å². The van der Waals surface area contributed by atoms with Crippen molar-refractivity contribution in [3.8, 4) is 0 Å². The summed E-state index contributed by atoms with van der Waals surface area (Å²) in [5.41, 5.74) is 8.16. The molecule has 1 saturated carbocycles. The Labute approximate surface area is 135 Å². The number of aryl methyl sites for hydroxylation is 1. The van der Waals surface area contributed by atoms with Crippen LogP contribution in [0.1, 0.15) is 37.8 Å². The molecule has 120 valence electrons. The second-order valence-electron chi connectivity index (χ2n) is 6.77. The summed E-state index contributed by atoms with van der Waals surface area (Å²) in [6, 6.07) is 7.99. The third-order valence-corrected chi connectivity index (χ3v) is 5.10. The molecule has 1 aliphatic rings. The maximum atomic E-state index is 11.0. The fourth-order valence-corrected chi connectivity index (χ4v) is 3.89. The second-order valence-corrected chi connectivity index (χ2v) is 6.77. The zero-order chi connectivity index (χ0) is 16.0. The summed E-state index contributed by atoms with van der Waals surface area (Å²) in [6.45, 7) is 0. The predicted molar refractivity (Wildman–Crippen MR) is 92.2 cm³/mol. The Bertz CT molecular complexity index is 877. The molecule has 0 atom stereocenters. The number of aromatic nitrogens is 3. The van der Waals surface area contributed by atoms with E-state index in [2.05, 4.69) is 16.1 Å². The molecule has 5 heteroatoms. The molecule has 3 N–H and O–H groups in total. The number of benzene rings is 1. The van der Waals surface area contributed by atoms with Gasteiger partial charge in [0.15, 0.2) is 5.82 Å². The number of hydrogen-bond acceptors (Lipinski definition) is 4. The van der Waals surface area contributed by atoms with Gasteiger partial charge in [-0.15, -0.1) is 0 Å². The van der Waals surface area contributed by atoms with Crippen LogP contribution < -0.4 is 5.73 Å². The largest absolute Gasteiger partial charge is 0.389 e. The number of rotatable bonds is 2. The van der Waals surface area contributed by atoms with Gasteiger partial charge in [0.1, 0.15) is 5.52 Å². The fraction of sp³-hybridized carbons (Fsp3) is 0.444. The Balaban J connectivity index is 1.93. The van der Waals surface area contributed by atoms with Gasteiger partial charge in [-0.2, -0.15) is 5.10 Å². The minimum atomic E-state index is -0.627. The Morgan fingerprint density at radius 1 is 1.22 bits per heavy atom. The van der Waals surface area contributed by atoms with E-state index in [1.54, 1.807) is 0 Å². The number of para-hydroxylation sites is 1. The summed E-state index contributed by atoms with van der Waals surface area (Å²) >= 11 is 0. The molecule has 0 spiro atoms. The first-order valence-corrected chi connectivity index (χ1v) is 8.30. The monoisotopic (exact) mass is 310 g/mol. The SMILES string of the molecule is Cn1nc2c(N)nc3ccccc3c2c1CC1(O)CCCCC1. The zero-order valence-electron chi connectivity index (χ0n) is 13.4. The lowest BCUT2D eigenvalue weighted by Crippen LogP contribution is -2.34. The molecule has 0 unspecified atom stereocenters. The van der Waals surface area contributed by atoms with Crippen molar-refractivity contribution in [3.63, 3.8) is 0 Å². The quantitative estimate of drug-likeness (QED) is 0.763. The topological polar surface area (TPSA) is 77.0 Å². The van der Waals surface area contributed by atoms with E-state index in [1.165, 1.54) is 6.42 Å². The smallest absolute Gasteiger partial charge is 0.152 e. The van der Waals surface area contributed by atoms with Crippen LogP contribution in [0.15, 0.2) is 24.3 Å². The maximum absolute atomic E-state index is 11.0. The lowest BCUT2D eigenvalue weighted by Gasteiger charge is -2.32. The van der Waals surface area contributed by atoms with Crippen LogP contribution in [-0.2, 0) is 13.5 Å². The molecule has 23 heavy (non-hydrogen) atoms. The van der Waals surface area contributed by atoms with Crippen molar-refractivity contribution in [1.29, 1.82) is 0 Å². The van der Waals surface area contributed by atoms with E-state index < -0.39 is 5.60 Å². The Morgan fingerprint density at radius 2 is 1.96 bits per heavy atom. The van der Waals surface area contributed by atoms with E-state index in [0.29, 0.717) is 12.2 Å². The molecular formula is C18H22N4O. The number of anilines is 1. The minimum Gasteiger partial charge on any atom is -0.389 e. The van der Waals surface area contributed by atoms with E-state index in [4.69, 9.17) is 5.73 Å². The molecule has 2 heterocycles. The number of hydrogen-bond donors (Lipinski definition) is 2. The highest BCUT2D eigenvalue weighted by Gasteiger charge is 2.32. The molecule has 4 rings (SSSR count). The normalized spacial score (nSPS) is 17.8. The molecule has 0 bridgehead atoms. The molecule has 2 aromatic heterocycles. The van der Waals surface area contributed by atoms with Gasteiger partial charge in [0.2, 0.25) is 0 Å². The zero-order valence-corrected chi connectivity index (χ0v) is 13.4. The van der Waals surface area contributed by atoms with Gasteiger partial charge in [-0.25, -0.2) is 4.98 Å². The van der Waals surface area contributed by atoms with Crippen LogP contribution in [-0.4, -0.2) is 25.5 Å². The molecule has 0 saturated heterocycles. The van der Waals surface area contributed by atoms with E-state index in [1.807, 2.05) is 29.9 Å². The van der Waals surface area contributed by atoms with Crippen molar-refractivity contribution in [2.75, 3.05) is 5.73 Å². The number of fused-ring (bicyclic) bond motifs is 3. The Hall–Kier alpha value is -2.14. The van der Waals surface area contributed by atoms with Gasteiger partial charge < -0.3 is 10.8 Å². The fourth-order valence-electron chi connectivity index (χ4n) is 3.89. The van der Waals surface area contributed by atoms with Crippen LogP contribution in [0.4, 0.5) is 5.82 Å². The van der Waals surface area contributed by atoms with Crippen LogP contribution in [0, 0.1) is 0 Å². The van der Waals surface area contributed by atoms with Crippen LogP contribution >= 0.6 is 0 Å². The maximum Gasteiger partial charge on any atom is 0.152 e. The van der Waals surface area contributed by atoms with Crippen molar-refractivity contribution >= 4 is 27.6 Å². The first kappa shape index (κ1) is 14.5. The first-order valence-electron chi connectivity index (χ1n) is 8.30. The highest BCUT2D eigenvalue weighted by Crippen LogP contribution is 2.36. The summed E-state index contributed by atoms with van der Waals surface area (Å²) in [7, 11) is 1.93. The molecule has 5 nitrogen and oxygen atoms in total. The van der Waals surface area contributed by atoms with Crippen LogP contribution in [0.5, 0.6) is 0 Å². The lowest BCUT2D eigenvalue weighted by atomic mass is 9.81. The third kappa shape index (κ3) is 2.36. The van der Waals surface area contributed by atoms with Gasteiger partial charge in [0, 0.05) is 29.9 Å². The number of pyridine rings is 1. The molecule has 0 aliphatic heterocycles. The highest BCUT2D eigenvalue weighted by atomic mass is 16.3. The third-order valence-electron chi connectivity index (χ3n) is 5.10. The first-order chi connectivity index (χ1) is 11.1. The van der Waals surface area contributed by atoms with Gasteiger partial charge in [0.25, 0.3) is 0 Å². The van der Waals surface area contributed by atoms with Crippen LogP contribution in [0.25, 0.3) is 21.8 Å². The molecule has 0 amide bonds. The number of aliphatic hydroxyl groups is 1. The van der Waals surface area contributed by atoms with Crippen molar-refractivity contribution < 1.29 is 5.11 Å². The average Bonchev–Trinajstić information content (AvgIpc) is 2.86. The number of nitrogen functional groups attached to an aromatic ring is 1. The van der Waals surface area contributed by atoms with E-state index in [0.717, 1.165) is 53.2 Å². The summed E-state index contributed by atoms with van der Waals surface area (Å²) in [4.78, 5) is 4.46. The lowest BCUT2D eigenvalue weighted by molar-refractivity contribution is 0.00322. The molecule has 1 aromatic carbocycles. The average molecular weight is 310 g/mol. The van der Waals surface area contributed by atoms with Gasteiger partial charge in [0.05, 0.1) is 11.1 Å². The molecular weight excluding hydrogens is 288 g/mol. The van der Waals surface area contributed by atoms with Gasteiger partial charge >= 0.3 is 0 Å². The minimum absolute atomic E-state index is 0.455. The van der Waals surface area contributed by atoms with Crippen LogP contribution in [0.3, 0.4) is 0 Å². The standard InChI is InChI=1S/C18H22N4O/c1-22-14(11-18(23)9-5-2-6-10-18)15-12-7-3-4-8-13(12)20-17(19)16(15)21-22/h3-4,7-8,23H,2,5-6,9-11H2,1H3,(H2,19,20). The number of nitrogens with zero attached hydrogens (tertiary/aromatic N) is 3. The van der Waals surface area contributed by atoms with Crippen molar-refractivity contribution in [2.24, 2.45) is 7.05 Å². The Kier molecular flexibility index (Phi) is 3.27. The van der Waals surface area contributed by atoms with E-state index in [9.17, 15) is 5.11 Å². The summed E-state index contributed by atoms with van der Waals surface area (Å²) in [6.07, 6.45) is 5.74. The summed E-state index contributed by atoms with van der Waals surface area (Å²) in [5.74, 6) is 0.455.